The number of carboxylic acid groups (broad SMARTS) is 1. The SMILES string of the molecule is CC.O=C(O)CCc1cccc(Cc2ccccc2)c1. The molecule has 0 amide bonds. The van der Waals surface area contributed by atoms with Gasteiger partial charge in [0.2, 0.25) is 0 Å². The lowest BCUT2D eigenvalue weighted by Gasteiger charge is -2.05. The zero-order chi connectivity index (χ0) is 14.8. The first-order valence-corrected chi connectivity index (χ1v) is 7.07. The third-order valence-corrected chi connectivity index (χ3v) is 2.87. The van der Waals surface area contributed by atoms with Crippen molar-refractivity contribution in [3.8, 4) is 0 Å². The molecule has 106 valence electrons. The molecule has 2 heteroatoms. The molecule has 0 saturated carbocycles. The molecular weight excluding hydrogens is 248 g/mol. The number of aliphatic carboxylic acids is 1. The van der Waals surface area contributed by atoms with Crippen LogP contribution in [0, 0.1) is 0 Å². The van der Waals surface area contributed by atoms with Crippen LogP contribution in [0.15, 0.2) is 54.6 Å². The summed E-state index contributed by atoms with van der Waals surface area (Å²) in [4.78, 5) is 10.5. The second-order valence-corrected chi connectivity index (χ2v) is 4.38. The van der Waals surface area contributed by atoms with Crippen LogP contribution in [0.5, 0.6) is 0 Å². The number of hydrogen-bond donors (Lipinski definition) is 1. The molecule has 0 fully saturated rings. The lowest BCUT2D eigenvalue weighted by atomic mass is 10.0. The van der Waals surface area contributed by atoms with Gasteiger partial charge in [-0.3, -0.25) is 4.79 Å². The van der Waals surface area contributed by atoms with E-state index in [1.54, 1.807) is 0 Å². The molecule has 0 unspecified atom stereocenters. The van der Waals surface area contributed by atoms with Gasteiger partial charge in [-0.05, 0) is 29.5 Å². The van der Waals surface area contributed by atoms with Crippen molar-refractivity contribution in [1.82, 2.24) is 0 Å². The van der Waals surface area contributed by atoms with Crippen LogP contribution in [0.4, 0.5) is 0 Å². The maximum absolute atomic E-state index is 10.5. The summed E-state index contributed by atoms with van der Waals surface area (Å²) in [5, 5.41) is 8.68. The summed E-state index contributed by atoms with van der Waals surface area (Å²) in [5.74, 6) is -0.747. The predicted molar refractivity (Wildman–Crippen MR) is 83.0 cm³/mol. The standard InChI is InChI=1S/C16H16O2.C2H6/c17-16(18)10-9-14-7-4-8-15(12-14)11-13-5-2-1-3-6-13;1-2/h1-8,12H,9-11H2,(H,17,18);1-2H3. The Kier molecular flexibility index (Phi) is 7.12. The molecule has 0 atom stereocenters. The van der Waals surface area contributed by atoms with Gasteiger partial charge < -0.3 is 5.11 Å². The van der Waals surface area contributed by atoms with Gasteiger partial charge in [-0.2, -0.15) is 0 Å². The first kappa shape index (κ1) is 16.0. The molecular formula is C18H22O2. The van der Waals surface area contributed by atoms with Crippen LogP contribution in [0.2, 0.25) is 0 Å². The Hall–Kier alpha value is -2.09. The minimum atomic E-state index is -0.747. The highest BCUT2D eigenvalue weighted by atomic mass is 16.4. The second kappa shape index (κ2) is 8.92. The highest BCUT2D eigenvalue weighted by molar-refractivity contribution is 5.67. The van der Waals surface area contributed by atoms with Crippen molar-refractivity contribution in [2.45, 2.75) is 33.1 Å². The second-order valence-electron chi connectivity index (χ2n) is 4.38. The van der Waals surface area contributed by atoms with Crippen LogP contribution in [0.3, 0.4) is 0 Å². The smallest absolute Gasteiger partial charge is 0.303 e. The average molecular weight is 270 g/mol. The number of carboxylic acids is 1. The van der Waals surface area contributed by atoms with E-state index in [2.05, 4.69) is 24.3 Å². The third kappa shape index (κ3) is 5.70. The lowest BCUT2D eigenvalue weighted by molar-refractivity contribution is -0.136. The Labute approximate surface area is 121 Å². The van der Waals surface area contributed by atoms with Crippen molar-refractivity contribution in [1.29, 1.82) is 0 Å². The van der Waals surface area contributed by atoms with Gasteiger partial charge in [0.25, 0.3) is 0 Å². The minimum absolute atomic E-state index is 0.189. The minimum Gasteiger partial charge on any atom is -0.481 e. The summed E-state index contributed by atoms with van der Waals surface area (Å²) in [7, 11) is 0. The highest BCUT2D eigenvalue weighted by Crippen LogP contribution is 2.12. The van der Waals surface area contributed by atoms with Crippen molar-refractivity contribution in [3.05, 3.63) is 71.3 Å². The van der Waals surface area contributed by atoms with Crippen molar-refractivity contribution in [2.75, 3.05) is 0 Å². The monoisotopic (exact) mass is 270 g/mol. The number of hydrogen-bond acceptors (Lipinski definition) is 1. The van der Waals surface area contributed by atoms with Gasteiger partial charge in [0.05, 0.1) is 0 Å². The van der Waals surface area contributed by atoms with Gasteiger partial charge in [0.1, 0.15) is 0 Å². The summed E-state index contributed by atoms with van der Waals surface area (Å²) in [6.45, 7) is 4.00. The fourth-order valence-electron chi connectivity index (χ4n) is 1.98. The van der Waals surface area contributed by atoms with Crippen LogP contribution in [-0.2, 0) is 17.6 Å². The van der Waals surface area contributed by atoms with Crippen LogP contribution >= 0.6 is 0 Å². The molecule has 0 heterocycles. The van der Waals surface area contributed by atoms with Gasteiger partial charge in [0, 0.05) is 6.42 Å². The fourth-order valence-corrected chi connectivity index (χ4v) is 1.98. The summed E-state index contributed by atoms with van der Waals surface area (Å²) < 4.78 is 0. The molecule has 2 aromatic rings. The van der Waals surface area contributed by atoms with Gasteiger partial charge in [-0.1, -0.05) is 68.4 Å². The number of carbonyl (C=O) groups is 1. The Bertz CT molecular complexity index is 518. The molecule has 0 aliphatic heterocycles. The maximum Gasteiger partial charge on any atom is 0.303 e. The van der Waals surface area contributed by atoms with Gasteiger partial charge in [-0.15, -0.1) is 0 Å². The summed E-state index contributed by atoms with van der Waals surface area (Å²) in [6.07, 6.45) is 1.68. The van der Waals surface area contributed by atoms with Crippen LogP contribution in [0.25, 0.3) is 0 Å². The van der Waals surface area contributed by atoms with E-state index in [1.165, 1.54) is 11.1 Å². The van der Waals surface area contributed by atoms with E-state index in [4.69, 9.17) is 5.11 Å². The molecule has 20 heavy (non-hydrogen) atoms. The Balaban J connectivity index is 0.000000956. The van der Waals surface area contributed by atoms with Gasteiger partial charge in [-0.25, -0.2) is 0 Å². The molecule has 0 spiro atoms. The Morgan fingerprint density at radius 3 is 2.15 bits per heavy atom. The lowest BCUT2D eigenvalue weighted by Crippen LogP contribution is -1.98. The zero-order valence-corrected chi connectivity index (χ0v) is 12.2. The van der Waals surface area contributed by atoms with Crippen LogP contribution < -0.4 is 0 Å². The molecule has 0 aliphatic rings. The number of benzene rings is 2. The van der Waals surface area contributed by atoms with E-state index in [-0.39, 0.29) is 6.42 Å². The zero-order valence-electron chi connectivity index (χ0n) is 12.2. The molecule has 0 saturated heterocycles. The molecule has 0 aromatic heterocycles. The normalized spacial score (nSPS) is 9.50. The molecule has 0 aliphatic carbocycles. The van der Waals surface area contributed by atoms with Gasteiger partial charge >= 0.3 is 5.97 Å². The van der Waals surface area contributed by atoms with Crippen LogP contribution in [0.1, 0.15) is 37.0 Å². The molecule has 2 nitrogen and oxygen atoms in total. The molecule has 2 aromatic carbocycles. The molecule has 0 radical (unpaired) electrons. The van der Waals surface area contributed by atoms with E-state index in [9.17, 15) is 4.79 Å². The fraction of sp³-hybridized carbons (Fsp3) is 0.278. The number of aryl methyl sites for hydroxylation is 1. The first-order valence-electron chi connectivity index (χ1n) is 7.07. The maximum atomic E-state index is 10.5. The summed E-state index contributed by atoms with van der Waals surface area (Å²) in [5.41, 5.74) is 3.59. The molecule has 0 bridgehead atoms. The van der Waals surface area contributed by atoms with E-state index in [0.29, 0.717) is 6.42 Å². The van der Waals surface area contributed by atoms with Crippen molar-refractivity contribution < 1.29 is 9.90 Å². The van der Waals surface area contributed by atoms with E-state index >= 15 is 0 Å². The Morgan fingerprint density at radius 2 is 1.50 bits per heavy atom. The average Bonchev–Trinajstić information content (AvgIpc) is 2.49. The number of rotatable bonds is 5. The van der Waals surface area contributed by atoms with Crippen molar-refractivity contribution >= 4 is 5.97 Å². The molecule has 2 rings (SSSR count). The van der Waals surface area contributed by atoms with Gasteiger partial charge in [0.15, 0.2) is 0 Å². The Morgan fingerprint density at radius 1 is 0.900 bits per heavy atom. The highest BCUT2D eigenvalue weighted by Gasteiger charge is 2.01. The first-order chi connectivity index (χ1) is 9.74. The topological polar surface area (TPSA) is 37.3 Å². The van der Waals surface area contributed by atoms with E-state index < -0.39 is 5.97 Å². The van der Waals surface area contributed by atoms with Crippen LogP contribution in [-0.4, -0.2) is 11.1 Å². The third-order valence-electron chi connectivity index (χ3n) is 2.87. The molecule has 1 N–H and O–H groups in total. The quantitative estimate of drug-likeness (QED) is 0.878. The largest absolute Gasteiger partial charge is 0.481 e. The summed E-state index contributed by atoms with van der Waals surface area (Å²) >= 11 is 0. The van der Waals surface area contributed by atoms with Crippen molar-refractivity contribution in [2.24, 2.45) is 0 Å². The van der Waals surface area contributed by atoms with Crippen molar-refractivity contribution in [3.63, 3.8) is 0 Å². The summed E-state index contributed by atoms with van der Waals surface area (Å²) in [6, 6.07) is 18.4. The predicted octanol–water partition coefficient (Wildman–Crippen LogP) is 4.32. The van der Waals surface area contributed by atoms with E-state index in [1.807, 2.05) is 44.2 Å². The van der Waals surface area contributed by atoms with E-state index in [0.717, 1.165) is 12.0 Å².